The van der Waals surface area contributed by atoms with E-state index in [4.69, 9.17) is 4.52 Å². The lowest BCUT2D eigenvalue weighted by Crippen LogP contribution is -2.34. The fourth-order valence-corrected chi connectivity index (χ4v) is 2.92. The Morgan fingerprint density at radius 1 is 1.10 bits per heavy atom. The van der Waals surface area contributed by atoms with Gasteiger partial charge in [0.15, 0.2) is 11.5 Å². The van der Waals surface area contributed by atoms with E-state index < -0.39 is 23.7 Å². The van der Waals surface area contributed by atoms with Gasteiger partial charge < -0.3 is 14.7 Å². The molecule has 0 aliphatic heterocycles. The number of nitrogens with one attached hydrogen (secondary N) is 1. The van der Waals surface area contributed by atoms with Crippen molar-refractivity contribution in [2.45, 2.75) is 12.2 Å². The molecule has 3 aromatic rings. The van der Waals surface area contributed by atoms with Crippen LogP contribution in [0.15, 0.2) is 65.2 Å². The smallest absolute Gasteiger partial charge is 0.355 e. The van der Waals surface area contributed by atoms with E-state index in [1.807, 2.05) is 30.3 Å². The first-order valence-electron chi connectivity index (χ1n) is 8.89. The van der Waals surface area contributed by atoms with Gasteiger partial charge in [0.2, 0.25) is 0 Å². The molecular weight excluding hydrogens is 383 g/mol. The molecular formula is C21H20F3N3O2. The van der Waals surface area contributed by atoms with Crippen LogP contribution in [0.3, 0.4) is 0 Å². The summed E-state index contributed by atoms with van der Waals surface area (Å²) in [5.74, 6) is -0.00690. The Bertz CT molecular complexity index is 969. The molecule has 0 saturated carbocycles. The van der Waals surface area contributed by atoms with Gasteiger partial charge in [-0.05, 0) is 31.8 Å². The van der Waals surface area contributed by atoms with E-state index in [2.05, 4.69) is 10.5 Å². The summed E-state index contributed by atoms with van der Waals surface area (Å²) in [6.07, 6.45) is -4.43. The highest BCUT2D eigenvalue weighted by molar-refractivity contribution is 5.93. The van der Waals surface area contributed by atoms with Crippen molar-refractivity contribution in [3.05, 3.63) is 77.5 Å². The summed E-state index contributed by atoms with van der Waals surface area (Å²) in [4.78, 5) is 14.2. The zero-order valence-electron chi connectivity index (χ0n) is 15.9. The third-order valence-electron chi connectivity index (χ3n) is 4.48. The first kappa shape index (κ1) is 20.6. The Balaban J connectivity index is 1.71. The Kier molecular flexibility index (Phi) is 6.03. The highest BCUT2D eigenvalue weighted by Crippen LogP contribution is 2.31. The zero-order valence-corrected chi connectivity index (χ0v) is 15.9. The fraction of sp³-hybridized carbons (Fsp3) is 0.238. The zero-order chi connectivity index (χ0) is 21.0. The van der Waals surface area contributed by atoms with Crippen LogP contribution in [0.4, 0.5) is 13.2 Å². The number of rotatable bonds is 6. The van der Waals surface area contributed by atoms with Gasteiger partial charge >= 0.3 is 6.18 Å². The number of alkyl halides is 3. The molecule has 0 unspecified atom stereocenters. The average molecular weight is 403 g/mol. The minimum Gasteiger partial charge on any atom is -0.355 e. The maximum Gasteiger partial charge on any atom is 0.416 e. The molecule has 0 fully saturated rings. The summed E-state index contributed by atoms with van der Waals surface area (Å²) in [6, 6.07) is 15.4. The minimum absolute atomic E-state index is 0.102. The molecule has 1 atom stereocenters. The third-order valence-corrected chi connectivity index (χ3v) is 4.48. The Morgan fingerprint density at radius 2 is 1.83 bits per heavy atom. The number of nitrogens with zero attached hydrogens (tertiary/aromatic N) is 2. The van der Waals surface area contributed by atoms with E-state index in [-0.39, 0.29) is 12.2 Å². The van der Waals surface area contributed by atoms with Crippen molar-refractivity contribution in [1.29, 1.82) is 0 Å². The van der Waals surface area contributed by atoms with Gasteiger partial charge in [-0.3, -0.25) is 4.79 Å². The molecule has 0 aliphatic rings. The van der Waals surface area contributed by atoms with Crippen molar-refractivity contribution >= 4 is 5.91 Å². The quantitative estimate of drug-likeness (QED) is 0.663. The van der Waals surface area contributed by atoms with E-state index in [0.29, 0.717) is 11.3 Å². The van der Waals surface area contributed by atoms with Gasteiger partial charge in [-0.25, -0.2) is 0 Å². The lowest BCUT2D eigenvalue weighted by atomic mass is 10.0. The van der Waals surface area contributed by atoms with Crippen molar-refractivity contribution in [3.8, 4) is 11.3 Å². The van der Waals surface area contributed by atoms with E-state index in [0.717, 1.165) is 17.7 Å². The van der Waals surface area contributed by atoms with Crippen LogP contribution in [0.5, 0.6) is 0 Å². The minimum atomic E-state index is -4.43. The van der Waals surface area contributed by atoms with Crippen LogP contribution in [0.1, 0.15) is 27.7 Å². The van der Waals surface area contributed by atoms with Gasteiger partial charge in [0.25, 0.3) is 5.91 Å². The summed E-state index contributed by atoms with van der Waals surface area (Å²) < 4.78 is 44.2. The van der Waals surface area contributed by atoms with Crippen molar-refractivity contribution in [3.63, 3.8) is 0 Å². The predicted octanol–water partition coefficient (Wildman–Crippen LogP) is 4.39. The van der Waals surface area contributed by atoms with E-state index in [1.54, 1.807) is 25.1 Å². The topological polar surface area (TPSA) is 58.4 Å². The predicted molar refractivity (Wildman–Crippen MR) is 102 cm³/mol. The SMILES string of the molecule is CN(C)[C@H](CNC(=O)c1cc(-c2ccccc2)on1)c1cccc(C(F)(F)F)c1. The molecule has 0 aliphatic carbocycles. The Hall–Kier alpha value is -3.13. The van der Waals surface area contributed by atoms with Gasteiger partial charge in [-0.2, -0.15) is 13.2 Å². The maximum atomic E-state index is 13.0. The van der Waals surface area contributed by atoms with Crippen LogP contribution in [-0.2, 0) is 6.18 Å². The number of hydrogen-bond donors (Lipinski definition) is 1. The number of amides is 1. The van der Waals surface area contributed by atoms with Gasteiger partial charge in [0, 0.05) is 18.2 Å². The maximum absolute atomic E-state index is 13.0. The summed E-state index contributed by atoms with van der Waals surface area (Å²) in [6.45, 7) is 0.112. The molecule has 1 amide bonds. The number of hydrogen-bond acceptors (Lipinski definition) is 4. The average Bonchev–Trinajstić information content (AvgIpc) is 3.18. The second-order valence-corrected chi connectivity index (χ2v) is 6.76. The van der Waals surface area contributed by atoms with Gasteiger partial charge in [0.1, 0.15) is 0 Å². The molecule has 0 radical (unpaired) electrons. The Morgan fingerprint density at radius 3 is 2.48 bits per heavy atom. The molecule has 5 nitrogen and oxygen atoms in total. The van der Waals surface area contributed by atoms with Crippen LogP contribution in [0.2, 0.25) is 0 Å². The molecule has 8 heteroatoms. The van der Waals surface area contributed by atoms with Crippen LogP contribution >= 0.6 is 0 Å². The standard InChI is InChI=1S/C21H20F3N3O2/c1-27(2)18(15-9-6-10-16(11-15)21(22,23)24)13-25-20(28)17-12-19(29-26-17)14-7-4-3-5-8-14/h3-12,18H,13H2,1-2H3,(H,25,28)/t18-/m1/s1. The summed E-state index contributed by atoms with van der Waals surface area (Å²) in [7, 11) is 3.47. The molecule has 0 bridgehead atoms. The summed E-state index contributed by atoms with van der Waals surface area (Å²) >= 11 is 0. The highest BCUT2D eigenvalue weighted by atomic mass is 19.4. The van der Waals surface area contributed by atoms with E-state index in [1.165, 1.54) is 12.1 Å². The van der Waals surface area contributed by atoms with Crippen LogP contribution in [-0.4, -0.2) is 36.6 Å². The highest BCUT2D eigenvalue weighted by Gasteiger charge is 2.31. The lowest BCUT2D eigenvalue weighted by molar-refractivity contribution is -0.137. The summed E-state index contributed by atoms with van der Waals surface area (Å²) in [5.41, 5.74) is 0.618. The molecule has 29 heavy (non-hydrogen) atoms. The van der Waals surface area contributed by atoms with E-state index in [9.17, 15) is 18.0 Å². The van der Waals surface area contributed by atoms with Crippen molar-refractivity contribution < 1.29 is 22.5 Å². The number of carbonyl (C=O) groups is 1. The molecule has 152 valence electrons. The lowest BCUT2D eigenvalue weighted by Gasteiger charge is -2.25. The monoisotopic (exact) mass is 403 g/mol. The molecule has 1 heterocycles. The molecule has 3 rings (SSSR count). The molecule has 2 aromatic carbocycles. The first-order chi connectivity index (χ1) is 13.8. The van der Waals surface area contributed by atoms with Crippen LogP contribution < -0.4 is 5.32 Å². The fourth-order valence-electron chi connectivity index (χ4n) is 2.92. The second kappa shape index (κ2) is 8.48. The largest absolute Gasteiger partial charge is 0.416 e. The number of aromatic nitrogens is 1. The van der Waals surface area contributed by atoms with Gasteiger partial charge in [0.05, 0.1) is 11.6 Å². The van der Waals surface area contributed by atoms with Crippen LogP contribution in [0, 0.1) is 0 Å². The first-order valence-corrected chi connectivity index (χ1v) is 8.89. The second-order valence-electron chi connectivity index (χ2n) is 6.76. The van der Waals surface area contributed by atoms with Crippen molar-refractivity contribution in [2.75, 3.05) is 20.6 Å². The third kappa shape index (κ3) is 5.03. The number of halogens is 3. The summed E-state index contributed by atoms with van der Waals surface area (Å²) in [5, 5.41) is 6.50. The normalized spacial score (nSPS) is 12.8. The van der Waals surface area contributed by atoms with E-state index >= 15 is 0 Å². The number of carbonyl (C=O) groups excluding carboxylic acids is 1. The molecule has 0 saturated heterocycles. The van der Waals surface area contributed by atoms with Crippen molar-refractivity contribution in [1.82, 2.24) is 15.4 Å². The van der Waals surface area contributed by atoms with Gasteiger partial charge in [-0.1, -0.05) is 47.6 Å². The van der Waals surface area contributed by atoms with Crippen LogP contribution in [0.25, 0.3) is 11.3 Å². The molecule has 1 N–H and O–H groups in total. The molecule has 0 spiro atoms. The molecule has 1 aromatic heterocycles. The number of benzene rings is 2. The number of likely N-dealkylation sites (N-methyl/N-ethyl adjacent to an activating group) is 1. The van der Waals surface area contributed by atoms with Crippen molar-refractivity contribution in [2.24, 2.45) is 0 Å². The van der Waals surface area contributed by atoms with Gasteiger partial charge in [-0.15, -0.1) is 0 Å². The Labute approximate surface area is 166 Å².